The average molecular weight is 448 g/mol. The van der Waals surface area contributed by atoms with Gasteiger partial charge in [-0.15, -0.1) is 0 Å². The van der Waals surface area contributed by atoms with Gasteiger partial charge in [-0.25, -0.2) is 13.8 Å². The molecule has 0 spiro atoms. The highest BCUT2D eigenvalue weighted by atomic mass is 35.5. The molecule has 3 aliphatic heterocycles. The molecule has 10 heteroatoms. The molecule has 3 N–H and O–H groups in total. The Morgan fingerprint density at radius 2 is 2.19 bits per heavy atom. The van der Waals surface area contributed by atoms with Gasteiger partial charge in [0, 0.05) is 17.3 Å². The fourth-order valence-corrected chi connectivity index (χ4v) is 3.51. The first-order valence-electron chi connectivity index (χ1n) is 9.57. The number of benzene rings is 1. The number of aliphatic imine (C=N–C) groups is 1. The van der Waals surface area contributed by atoms with Crippen molar-refractivity contribution < 1.29 is 18.3 Å². The first-order valence-corrected chi connectivity index (χ1v) is 9.94. The summed E-state index contributed by atoms with van der Waals surface area (Å²) in [4.78, 5) is 19.0. The van der Waals surface area contributed by atoms with Crippen molar-refractivity contribution in [1.29, 1.82) is 5.41 Å². The lowest BCUT2D eigenvalue weighted by molar-refractivity contribution is 0.0799. The van der Waals surface area contributed by atoms with E-state index < -0.39 is 11.7 Å². The van der Waals surface area contributed by atoms with Gasteiger partial charge >= 0.3 is 0 Å². The van der Waals surface area contributed by atoms with Gasteiger partial charge in [0.15, 0.2) is 0 Å². The summed E-state index contributed by atoms with van der Waals surface area (Å²) >= 11 is 6.16. The van der Waals surface area contributed by atoms with E-state index in [0.29, 0.717) is 34.2 Å². The van der Waals surface area contributed by atoms with Crippen LogP contribution in [0, 0.1) is 11.2 Å². The Labute approximate surface area is 182 Å². The van der Waals surface area contributed by atoms with Crippen LogP contribution in [-0.2, 0) is 0 Å². The molecular weight excluding hydrogens is 428 g/mol. The summed E-state index contributed by atoms with van der Waals surface area (Å²) in [5.41, 5.74) is 2.75. The van der Waals surface area contributed by atoms with Crippen LogP contribution in [0.2, 0.25) is 0 Å². The van der Waals surface area contributed by atoms with Crippen molar-refractivity contribution >= 4 is 28.9 Å². The van der Waals surface area contributed by atoms with Crippen LogP contribution in [0.25, 0.3) is 0 Å². The maximum Gasteiger partial charge on any atom is 0.258 e. The molecule has 1 atom stereocenters. The number of hydrogen-bond donors (Lipinski definition) is 3. The third kappa shape index (κ3) is 4.18. The second-order valence-corrected chi connectivity index (χ2v) is 7.82. The topological polar surface area (TPSA) is 99.7 Å². The lowest BCUT2D eigenvalue weighted by Crippen LogP contribution is -2.29. The third-order valence-corrected chi connectivity index (χ3v) is 5.75. The lowest BCUT2D eigenvalue weighted by atomic mass is 10.1. The van der Waals surface area contributed by atoms with Crippen molar-refractivity contribution in [3.8, 4) is 5.75 Å². The molecule has 162 valence electrons. The predicted molar refractivity (Wildman–Crippen MR) is 113 cm³/mol. The van der Waals surface area contributed by atoms with Crippen LogP contribution >= 0.6 is 11.6 Å². The molecule has 0 aliphatic carbocycles. The summed E-state index contributed by atoms with van der Waals surface area (Å²) in [5.74, 6) is -0.397. The van der Waals surface area contributed by atoms with Crippen molar-refractivity contribution in [1.82, 2.24) is 15.5 Å². The molecule has 3 heterocycles. The van der Waals surface area contributed by atoms with E-state index in [9.17, 15) is 13.6 Å². The number of ether oxygens (including phenoxy) is 1. The van der Waals surface area contributed by atoms with Gasteiger partial charge < -0.3 is 25.7 Å². The number of likely N-dealkylation sites (tertiary alicyclic amines) is 1. The molecular formula is C21H20ClF2N5O2. The van der Waals surface area contributed by atoms with E-state index in [1.54, 1.807) is 6.92 Å². The molecule has 0 saturated carbocycles. The van der Waals surface area contributed by atoms with Crippen LogP contribution in [0.3, 0.4) is 0 Å². The van der Waals surface area contributed by atoms with Gasteiger partial charge in [0.2, 0.25) is 0 Å². The Hall–Kier alpha value is -3.20. The minimum atomic E-state index is -0.552. The van der Waals surface area contributed by atoms with Crippen molar-refractivity contribution in [2.45, 2.75) is 19.9 Å². The minimum Gasteiger partial charge on any atom is -0.490 e. The van der Waals surface area contributed by atoms with Gasteiger partial charge in [0.05, 0.1) is 40.8 Å². The molecule has 7 nitrogen and oxygen atoms in total. The standard InChI is InChI=1S/C21H20ClF2N5O2/c1-10-19(22)11(2)27-20(26-10)14-7-29(8-15(14)25)21(30)13-4-3-12(24)5-18(13)31-9-17-16(6-23)28-17/h3-6,17,25-26,28H,7-9H2,1-2H3/b16-6-,20-14+,25-15?. The summed E-state index contributed by atoms with van der Waals surface area (Å²) in [7, 11) is 0. The Morgan fingerprint density at radius 1 is 1.42 bits per heavy atom. The second-order valence-electron chi connectivity index (χ2n) is 7.44. The van der Waals surface area contributed by atoms with Gasteiger partial charge in [-0.1, -0.05) is 11.6 Å². The van der Waals surface area contributed by atoms with Gasteiger partial charge in [0.25, 0.3) is 5.91 Å². The summed E-state index contributed by atoms with van der Waals surface area (Å²) in [6.45, 7) is 3.89. The highest BCUT2D eigenvalue weighted by molar-refractivity contribution is 6.43. The molecule has 1 aromatic rings. The van der Waals surface area contributed by atoms with Gasteiger partial charge in [0.1, 0.15) is 36.4 Å². The number of nitrogens with zero attached hydrogens (tertiary/aromatic N) is 2. The summed E-state index contributed by atoms with van der Waals surface area (Å²) in [6.07, 6.45) is 0.449. The molecule has 4 rings (SSSR count). The SMILES string of the molecule is CC1=N/C(=C2\CN(C(=O)c3ccc(F)cc3OCC3N/C3=C\F)CC2=N)NC(C)=C1Cl. The van der Waals surface area contributed by atoms with E-state index in [-0.39, 0.29) is 42.8 Å². The number of hydrogen-bond acceptors (Lipinski definition) is 6. The average Bonchev–Trinajstić information content (AvgIpc) is 3.40. The smallest absolute Gasteiger partial charge is 0.258 e. The molecule has 2 saturated heterocycles. The largest absolute Gasteiger partial charge is 0.490 e. The highest BCUT2D eigenvalue weighted by Crippen LogP contribution is 2.28. The number of halogens is 3. The van der Waals surface area contributed by atoms with Crippen LogP contribution < -0.4 is 15.4 Å². The molecule has 31 heavy (non-hydrogen) atoms. The number of rotatable bonds is 4. The van der Waals surface area contributed by atoms with Gasteiger partial charge in [-0.3, -0.25) is 4.79 Å². The fourth-order valence-electron chi connectivity index (χ4n) is 3.42. The number of nitrogens with one attached hydrogen (secondary N) is 3. The first kappa shape index (κ1) is 21.0. The van der Waals surface area contributed by atoms with Crippen molar-refractivity contribution in [3.63, 3.8) is 0 Å². The molecule has 1 unspecified atom stereocenters. The number of carbonyl (C=O) groups is 1. The monoisotopic (exact) mass is 447 g/mol. The fraction of sp³-hybridized carbons (Fsp3) is 0.286. The zero-order valence-corrected chi connectivity index (χ0v) is 17.6. The normalized spacial score (nSPS) is 24.2. The summed E-state index contributed by atoms with van der Waals surface area (Å²) in [6, 6.07) is 3.35. The molecule has 1 amide bonds. The number of amides is 1. The quantitative estimate of drug-likeness (QED) is 0.617. The van der Waals surface area contributed by atoms with Gasteiger partial charge in [-0.2, -0.15) is 0 Å². The maximum atomic E-state index is 13.8. The van der Waals surface area contributed by atoms with Crippen LogP contribution in [0.15, 0.2) is 57.3 Å². The van der Waals surface area contributed by atoms with E-state index in [0.717, 1.165) is 11.8 Å². The van der Waals surface area contributed by atoms with Crippen LogP contribution in [0.1, 0.15) is 24.2 Å². The highest BCUT2D eigenvalue weighted by Gasteiger charge is 2.33. The van der Waals surface area contributed by atoms with E-state index in [1.807, 2.05) is 6.92 Å². The summed E-state index contributed by atoms with van der Waals surface area (Å²) in [5, 5.41) is 14.7. The van der Waals surface area contributed by atoms with E-state index >= 15 is 0 Å². The van der Waals surface area contributed by atoms with E-state index in [2.05, 4.69) is 15.6 Å². The number of carbonyl (C=O) groups excluding carboxylic acids is 1. The van der Waals surface area contributed by atoms with Crippen LogP contribution in [0.4, 0.5) is 8.78 Å². The van der Waals surface area contributed by atoms with Crippen LogP contribution in [0.5, 0.6) is 5.75 Å². The minimum absolute atomic E-state index is 0.0644. The molecule has 0 radical (unpaired) electrons. The Morgan fingerprint density at radius 3 is 2.87 bits per heavy atom. The Bertz CT molecular complexity index is 1110. The second kappa shape index (κ2) is 8.14. The molecule has 3 aliphatic rings. The first-order chi connectivity index (χ1) is 14.8. The Balaban J connectivity index is 1.54. The molecule has 1 aromatic carbocycles. The van der Waals surface area contributed by atoms with Crippen molar-refractivity contribution in [2.24, 2.45) is 4.99 Å². The van der Waals surface area contributed by atoms with Crippen molar-refractivity contribution in [2.75, 3.05) is 19.7 Å². The zero-order valence-electron chi connectivity index (χ0n) is 16.9. The van der Waals surface area contributed by atoms with Crippen molar-refractivity contribution in [3.05, 3.63) is 63.7 Å². The summed E-state index contributed by atoms with van der Waals surface area (Å²) < 4.78 is 31.8. The van der Waals surface area contributed by atoms with Crippen LogP contribution in [-0.4, -0.2) is 48.0 Å². The zero-order chi connectivity index (χ0) is 22.3. The van der Waals surface area contributed by atoms with E-state index in [4.69, 9.17) is 21.7 Å². The molecule has 2 fully saturated rings. The molecule has 0 aromatic heterocycles. The predicted octanol–water partition coefficient (Wildman–Crippen LogP) is 3.21. The van der Waals surface area contributed by atoms with E-state index in [1.165, 1.54) is 17.0 Å². The third-order valence-electron chi connectivity index (χ3n) is 5.20. The molecule has 0 bridgehead atoms. The lowest BCUT2D eigenvalue weighted by Gasteiger charge is -2.19. The number of allylic oxidation sites excluding steroid dienone is 2. The maximum absolute atomic E-state index is 13.8. The van der Waals surface area contributed by atoms with Gasteiger partial charge in [-0.05, 0) is 26.0 Å². The Kier molecular flexibility index (Phi) is 5.53.